The molecule has 0 unspecified atom stereocenters. The number of sulfone groups is 1. The number of carbonyl (C=O) groups excluding carboxylic acids is 1. The van der Waals surface area contributed by atoms with E-state index in [4.69, 9.17) is 9.15 Å². The summed E-state index contributed by atoms with van der Waals surface area (Å²) < 4.78 is 35.9. The van der Waals surface area contributed by atoms with Gasteiger partial charge in [-0.2, -0.15) is 0 Å². The molecule has 0 saturated carbocycles. The molecule has 2 rings (SSSR count). The van der Waals surface area contributed by atoms with E-state index in [9.17, 15) is 13.2 Å². The number of nitrogens with one attached hydrogen (secondary N) is 1. The zero-order valence-corrected chi connectivity index (χ0v) is 17.6. The van der Waals surface area contributed by atoms with E-state index in [1.807, 2.05) is 13.8 Å². The van der Waals surface area contributed by atoms with E-state index in [0.29, 0.717) is 12.0 Å². The number of aromatic nitrogens is 2. The van der Waals surface area contributed by atoms with Crippen LogP contribution in [0.1, 0.15) is 58.5 Å². The molecule has 1 aromatic heterocycles. The highest BCUT2D eigenvalue weighted by atomic mass is 32.2. The molecule has 0 fully saturated rings. The minimum absolute atomic E-state index is 0.0341. The molecular weight excluding hydrogens is 382 g/mol. The highest BCUT2D eigenvalue weighted by molar-refractivity contribution is 7.90. The molecule has 1 amide bonds. The van der Waals surface area contributed by atoms with Gasteiger partial charge in [-0.3, -0.25) is 0 Å². The van der Waals surface area contributed by atoms with Gasteiger partial charge in [0, 0.05) is 0 Å². The number of alkyl carbamates (subject to hydrolysis) is 1. The van der Waals surface area contributed by atoms with Gasteiger partial charge in [-0.05, 0) is 32.3 Å². The van der Waals surface area contributed by atoms with Crippen molar-refractivity contribution in [3.63, 3.8) is 0 Å². The Morgan fingerprint density at radius 3 is 2.43 bits per heavy atom. The van der Waals surface area contributed by atoms with Crippen LogP contribution in [0.5, 0.6) is 0 Å². The van der Waals surface area contributed by atoms with Crippen LogP contribution in [-0.2, 0) is 20.3 Å². The first-order valence-corrected chi connectivity index (χ1v) is 10.8. The first kappa shape index (κ1) is 21.9. The van der Waals surface area contributed by atoms with Crippen LogP contribution in [0.2, 0.25) is 0 Å². The van der Waals surface area contributed by atoms with Gasteiger partial charge >= 0.3 is 11.3 Å². The summed E-state index contributed by atoms with van der Waals surface area (Å²) in [6, 6.07) is 8.08. The van der Waals surface area contributed by atoms with Crippen molar-refractivity contribution in [2.45, 2.75) is 63.7 Å². The zero-order chi connectivity index (χ0) is 20.9. The summed E-state index contributed by atoms with van der Waals surface area (Å²) in [6.07, 6.45) is 0.0688. The van der Waals surface area contributed by atoms with Gasteiger partial charge in [0.15, 0.2) is 0 Å². The minimum Gasteiger partial charge on any atom is -0.444 e. The number of hydrogen-bond donors (Lipinski definition) is 1. The molecule has 1 N–H and O–H groups in total. The topological polar surface area (TPSA) is 111 Å². The second-order valence-electron chi connectivity index (χ2n) is 7.66. The molecule has 9 heteroatoms. The van der Waals surface area contributed by atoms with Gasteiger partial charge in [0.25, 0.3) is 0 Å². The lowest BCUT2D eigenvalue weighted by atomic mass is 9.99. The first-order chi connectivity index (χ1) is 13.0. The van der Waals surface area contributed by atoms with E-state index in [0.717, 1.165) is 0 Å². The Hall–Kier alpha value is -2.42. The minimum atomic E-state index is -3.80. The number of amides is 1. The Bertz CT molecular complexity index is 888. The van der Waals surface area contributed by atoms with E-state index >= 15 is 0 Å². The SMILES string of the molecule is CC[C@@H](C)[C@H](NC(=O)OC(C)(C)C)c1nnc(S(=O)(=O)Cc2ccccc2)o1. The lowest BCUT2D eigenvalue weighted by Crippen LogP contribution is -2.37. The molecule has 1 aromatic carbocycles. The van der Waals surface area contributed by atoms with Crippen LogP contribution >= 0.6 is 0 Å². The fraction of sp³-hybridized carbons (Fsp3) is 0.526. The van der Waals surface area contributed by atoms with Gasteiger partial charge in [-0.1, -0.05) is 55.7 Å². The van der Waals surface area contributed by atoms with E-state index in [1.54, 1.807) is 51.1 Å². The van der Waals surface area contributed by atoms with E-state index in [-0.39, 0.29) is 17.6 Å². The summed E-state index contributed by atoms with van der Waals surface area (Å²) in [5, 5.41) is 9.82. The average molecular weight is 410 g/mol. The molecule has 1 heterocycles. The van der Waals surface area contributed by atoms with Crippen molar-refractivity contribution in [3.05, 3.63) is 41.8 Å². The highest BCUT2D eigenvalue weighted by Gasteiger charge is 2.31. The summed E-state index contributed by atoms with van der Waals surface area (Å²) in [7, 11) is -3.80. The standard InChI is InChI=1S/C19H27N3O5S/c1-6-13(2)15(20-17(23)27-19(3,4)5)16-21-22-18(26-16)28(24,25)12-14-10-8-7-9-11-14/h7-11,13,15H,6,12H2,1-5H3,(H,20,23)/t13-,15+/m1/s1. The van der Waals surface area contributed by atoms with Gasteiger partial charge in [-0.15, -0.1) is 5.10 Å². The van der Waals surface area contributed by atoms with Crippen molar-refractivity contribution in [1.29, 1.82) is 0 Å². The van der Waals surface area contributed by atoms with Gasteiger partial charge in [0.05, 0.1) is 5.75 Å². The summed E-state index contributed by atoms with van der Waals surface area (Å²) in [4.78, 5) is 12.2. The van der Waals surface area contributed by atoms with Crippen LogP contribution in [0, 0.1) is 5.92 Å². The molecule has 0 spiro atoms. The van der Waals surface area contributed by atoms with E-state index in [1.165, 1.54) is 0 Å². The fourth-order valence-corrected chi connectivity index (χ4v) is 3.58. The van der Waals surface area contributed by atoms with Crippen molar-refractivity contribution in [2.75, 3.05) is 0 Å². The Labute approximate surface area is 165 Å². The summed E-state index contributed by atoms with van der Waals surface area (Å²) in [5.41, 5.74) is -0.0454. The molecular formula is C19H27N3O5S. The summed E-state index contributed by atoms with van der Waals surface area (Å²) in [5.74, 6) is -0.285. The van der Waals surface area contributed by atoms with Crippen molar-refractivity contribution in [1.82, 2.24) is 15.5 Å². The number of carbonyl (C=O) groups is 1. The second-order valence-corrected chi connectivity index (χ2v) is 9.53. The molecule has 0 aliphatic rings. The maximum atomic E-state index is 12.6. The number of hydrogen-bond acceptors (Lipinski definition) is 7. The third-order valence-corrected chi connectivity index (χ3v) is 5.45. The van der Waals surface area contributed by atoms with Crippen LogP contribution in [0.25, 0.3) is 0 Å². The number of nitrogens with zero attached hydrogens (tertiary/aromatic N) is 2. The quantitative estimate of drug-likeness (QED) is 0.743. The summed E-state index contributed by atoms with van der Waals surface area (Å²) in [6.45, 7) is 9.10. The average Bonchev–Trinajstić information content (AvgIpc) is 3.09. The third-order valence-electron chi connectivity index (χ3n) is 4.04. The lowest BCUT2D eigenvalue weighted by molar-refractivity contribution is 0.0473. The molecule has 2 atom stereocenters. The maximum absolute atomic E-state index is 12.6. The predicted molar refractivity (Wildman–Crippen MR) is 103 cm³/mol. The summed E-state index contributed by atoms with van der Waals surface area (Å²) >= 11 is 0. The van der Waals surface area contributed by atoms with Crippen LogP contribution in [0.3, 0.4) is 0 Å². The van der Waals surface area contributed by atoms with Gasteiger partial charge in [-0.25, -0.2) is 13.2 Å². The van der Waals surface area contributed by atoms with Crippen molar-refractivity contribution in [2.24, 2.45) is 5.92 Å². The molecule has 2 aromatic rings. The molecule has 0 radical (unpaired) electrons. The first-order valence-electron chi connectivity index (χ1n) is 9.11. The number of rotatable bonds is 7. The molecule has 0 bridgehead atoms. The maximum Gasteiger partial charge on any atom is 0.408 e. The van der Waals surface area contributed by atoms with Crippen LogP contribution in [-0.4, -0.2) is 30.3 Å². The van der Waals surface area contributed by atoms with Crippen LogP contribution in [0.15, 0.2) is 40.0 Å². The Balaban J connectivity index is 2.22. The fourth-order valence-electron chi connectivity index (χ4n) is 2.44. The second kappa shape index (κ2) is 8.72. The Morgan fingerprint density at radius 1 is 1.21 bits per heavy atom. The molecule has 0 saturated heterocycles. The predicted octanol–water partition coefficient (Wildman–Crippen LogP) is 3.66. The molecule has 28 heavy (non-hydrogen) atoms. The molecule has 154 valence electrons. The number of benzene rings is 1. The monoisotopic (exact) mass is 409 g/mol. The lowest BCUT2D eigenvalue weighted by Gasteiger charge is -2.24. The molecule has 0 aliphatic carbocycles. The smallest absolute Gasteiger partial charge is 0.408 e. The normalized spacial score (nSPS) is 14.3. The molecule has 8 nitrogen and oxygen atoms in total. The third kappa shape index (κ3) is 6.05. The van der Waals surface area contributed by atoms with Gasteiger partial charge < -0.3 is 14.5 Å². The van der Waals surface area contributed by atoms with E-state index in [2.05, 4.69) is 15.5 Å². The Morgan fingerprint density at radius 2 is 1.86 bits per heavy atom. The largest absolute Gasteiger partial charge is 0.444 e. The van der Waals surface area contributed by atoms with Crippen molar-refractivity contribution >= 4 is 15.9 Å². The van der Waals surface area contributed by atoms with E-state index < -0.39 is 32.8 Å². The van der Waals surface area contributed by atoms with Crippen LogP contribution in [0.4, 0.5) is 4.79 Å². The number of ether oxygens (including phenoxy) is 1. The highest BCUT2D eigenvalue weighted by Crippen LogP contribution is 2.26. The molecule has 0 aliphatic heterocycles. The van der Waals surface area contributed by atoms with Gasteiger partial charge in [0.1, 0.15) is 11.6 Å². The van der Waals surface area contributed by atoms with Gasteiger partial charge in [0.2, 0.25) is 15.7 Å². The Kier molecular flexibility index (Phi) is 6.82. The van der Waals surface area contributed by atoms with Crippen molar-refractivity contribution < 1.29 is 22.4 Å². The van der Waals surface area contributed by atoms with Crippen molar-refractivity contribution in [3.8, 4) is 0 Å². The van der Waals surface area contributed by atoms with Crippen LogP contribution < -0.4 is 5.32 Å². The zero-order valence-electron chi connectivity index (χ0n) is 16.8.